The van der Waals surface area contributed by atoms with Gasteiger partial charge in [0.2, 0.25) is 0 Å². The lowest BCUT2D eigenvalue weighted by molar-refractivity contribution is -0.118. The van der Waals surface area contributed by atoms with Crippen molar-refractivity contribution >= 4 is 27.5 Å². The van der Waals surface area contributed by atoms with Gasteiger partial charge in [-0.1, -0.05) is 28.9 Å². The van der Waals surface area contributed by atoms with Crippen molar-refractivity contribution in [3.63, 3.8) is 0 Å². The molecule has 2 rings (SSSR count). The van der Waals surface area contributed by atoms with Gasteiger partial charge in [0.1, 0.15) is 5.75 Å². The molecule has 1 N–H and O–H groups in total. The summed E-state index contributed by atoms with van der Waals surface area (Å²) in [6, 6.07) is 9.87. The fraction of sp³-hybridized carbons (Fsp3) is 0.316. The number of carbonyl (C=O) groups is 1. The number of aryl methyl sites for hydroxylation is 4. The first kappa shape index (κ1) is 17.5. The Labute approximate surface area is 146 Å². The van der Waals surface area contributed by atoms with Crippen LogP contribution in [0.4, 0.5) is 5.69 Å². The van der Waals surface area contributed by atoms with Crippen LogP contribution in [0.3, 0.4) is 0 Å². The van der Waals surface area contributed by atoms with E-state index < -0.39 is 0 Å². The summed E-state index contributed by atoms with van der Waals surface area (Å²) >= 11 is 3.49. The van der Waals surface area contributed by atoms with Gasteiger partial charge in [-0.15, -0.1) is 0 Å². The molecule has 0 unspecified atom stereocenters. The van der Waals surface area contributed by atoms with Crippen LogP contribution in [0.2, 0.25) is 0 Å². The molecule has 0 saturated heterocycles. The molecule has 0 saturated carbocycles. The summed E-state index contributed by atoms with van der Waals surface area (Å²) in [6.07, 6.45) is 0.855. The lowest BCUT2D eigenvalue weighted by atomic mass is 10.1. The maximum Gasteiger partial charge on any atom is 0.262 e. The second-order valence-electron chi connectivity index (χ2n) is 5.69. The zero-order valence-electron chi connectivity index (χ0n) is 14.0. The summed E-state index contributed by atoms with van der Waals surface area (Å²) in [7, 11) is 0. The van der Waals surface area contributed by atoms with Crippen molar-refractivity contribution in [2.75, 3.05) is 11.9 Å². The zero-order valence-corrected chi connectivity index (χ0v) is 15.6. The van der Waals surface area contributed by atoms with Crippen molar-refractivity contribution in [2.24, 2.45) is 0 Å². The van der Waals surface area contributed by atoms with Crippen LogP contribution in [0, 0.1) is 20.8 Å². The van der Waals surface area contributed by atoms with E-state index in [1.54, 1.807) is 0 Å². The lowest BCUT2D eigenvalue weighted by Gasteiger charge is -2.14. The van der Waals surface area contributed by atoms with E-state index in [0.717, 1.165) is 33.3 Å². The second-order valence-corrected chi connectivity index (χ2v) is 6.61. The van der Waals surface area contributed by atoms with E-state index >= 15 is 0 Å². The van der Waals surface area contributed by atoms with Crippen molar-refractivity contribution in [1.29, 1.82) is 0 Å². The van der Waals surface area contributed by atoms with Gasteiger partial charge in [-0.2, -0.15) is 0 Å². The van der Waals surface area contributed by atoms with Gasteiger partial charge in [0, 0.05) is 10.2 Å². The maximum absolute atomic E-state index is 12.2. The molecule has 0 aromatic heterocycles. The van der Waals surface area contributed by atoms with Crippen molar-refractivity contribution in [1.82, 2.24) is 0 Å². The molecule has 0 spiro atoms. The Morgan fingerprint density at radius 1 is 1.09 bits per heavy atom. The third kappa shape index (κ3) is 4.58. The Kier molecular flexibility index (Phi) is 5.83. The van der Waals surface area contributed by atoms with E-state index in [1.165, 1.54) is 5.56 Å². The Bertz CT molecular complexity index is 726. The molecule has 3 nitrogen and oxygen atoms in total. The normalized spacial score (nSPS) is 10.5. The Morgan fingerprint density at radius 2 is 1.83 bits per heavy atom. The minimum Gasteiger partial charge on any atom is -0.484 e. The van der Waals surface area contributed by atoms with E-state index in [9.17, 15) is 4.79 Å². The molecule has 0 heterocycles. The minimum absolute atomic E-state index is 0.00115. The minimum atomic E-state index is -0.150. The van der Waals surface area contributed by atoms with Crippen molar-refractivity contribution in [3.05, 3.63) is 57.1 Å². The molecule has 0 radical (unpaired) electrons. The SMILES string of the molecule is CCc1cc(Br)cc(C)c1NC(=O)COc1ccc(C)c(C)c1. The number of halogens is 1. The van der Waals surface area contributed by atoms with E-state index in [2.05, 4.69) is 35.1 Å². The highest BCUT2D eigenvalue weighted by molar-refractivity contribution is 9.10. The highest BCUT2D eigenvalue weighted by Crippen LogP contribution is 2.26. The van der Waals surface area contributed by atoms with Crippen LogP contribution >= 0.6 is 15.9 Å². The zero-order chi connectivity index (χ0) is 17.0. The number of amides is 1. The van der Waals surface area contributed by atoms with E-state index in [0.29, 0.717) is 5.75 Å². The first-order valence-corrected chi connectivity index (χ1v) is 8.49. The second kappa shape index (κ2) is 7.64. The number of nitrogens with one attached hydrogen (secondary N) is 1. The molecule has 2 aromatic rings. The summed E-state index contributed by atoms with van der Waals surface area (Å²) < 4.78 is 6.62. The molecule has 4 heteroatoms. The number of anilines is 1. The number of carbonyl (C=O) groups excluding carboxylic acids is 1. The maximum atomic E-state index is 12.2. The largest absolute Gasteiger partial charge is 0.484 e. The quantitative estimate of drug-likeness (QED) is 0.802. The van der Waals surface area contributed by atoms with Gasteiger partial charge in [0.05, 0.1) is 0 Å². The van der Waals surface area contributed by atoms with Crippen molar-refractivity contribution < 1.29 is 9.53 Å². The number of ether oxygens (including phenoxy) is 1. The molecule has 0 fully saturated rings. The van der Waals surface area contributed by atoms with E-state index in [-0.39, 0.29) is 12.5 Å². The number of benzene rings is 2. The summed E-state index contributed by atoms with van der Waals surface area (Å²) in [5, 5.41) is 2.97. The Balaban J connectivity index is 2.04. The monoisotopic (exact) mass is 375 g/mol. The fourth-order valence-electron chi connectivity index (χ4n) is 2.40. The van der Waals surface area contributed by atoms with Gasteiger partial charge >= 0.3 is 0 Å². The van der Waals surface area contributed by atoms with Gasteiger partial charge in [0.15, 0.2) is 6.61 Å². The van der Waals surface area contributed by atoms with Crippen LogP contribution in [0.1, 0.15) is 29.2 Å². The van der Waals surface area contributed by atoms with Crippen molar-refractivity contribution in [2.45, 2.75) is 34.1 Å². The molecule has 2 aromatic carbocycles. The van der Waals surface area contributed by atoms with E-state index in [4.69, 9.17) is 4.74 Å². The van der Waals surface area contributed by atoms with Crippen LogP contribution in [0.5, 0.6) is 5.75 Å². The highest BCUT2D eigenvalue weighted by atomic mass is 79.9. The molecule has 1 amide bonds. The first-order valence-electron chi connectivity index (χ1n) is 7.69. The van der Waals surface area contributed by atoms with Crippen LogP contribution in [-0.4, -0.2) is 12.5 Å². The molecule has 0 aliphatic carbocycles. The summed E-state index contributed by atoms with van der Waals surface area (Å²) in [5.74, 6) is 0.565. The lowest BCUT2D eigenvalue weighted by Crippen LogP contribution is -2.21. The first-order chi connectivity index (χ1) is 10.9. The van der Waals surface area contributed by atoms with Crippen LogP contribution < -0.4 is 10.1 Å². The number of hydrogen-bond donors (Lipinski definition) is 1. The van der Waals surface area contributed by atoms with Gasteiger partial charge in [-0.05, 0) is 73.7 Å². The van der Waals surface area contributed by atoms with Gasteiger partial charge in [-0.3, -0.25) is 4.79 Å². The Hall–Kier alpha value is -1.81. The van der Waals surface area contributed by atoms with E-state index in [1.807, 2.05) is 44.2 Å². The molecule has 0 bridgehead atoms. The average Bonchev–Trinajstić information content (AvgIpc) is 2.50. The third-order valence-corrected chi connectivity index (χ3v) is 4.33. The average molecular weight is 376 g/mol. The molecule has 23 heavy (non-hydrogen) atoms. The van der Waals surface area contributed by atoms with Crippen molar-refractivity contribution in [3.8, 4) is 5.75 Å². The Morgan fingerprint density at radius 3 is 2.48 bits per heavy atom. The van der Waals surface area contributed by atoms with Gasteiger partial charge in [0.25, 0.3) is 5.91 Å². The third-order valence-electron chi connectivity index (χ3n) is 3.88. The molecular formula is C19H22BrNO2. The molecule has 122 valence electrons. The summed E-state index contributed by atoms with van der Waals surface area (Å²) in [6.45, 7) is 8.14. The molecular weight excluding hydrogens is 354 g/mol. The molecule has 0 atom stereocenters. The highest BCUT2D eigenvalue weighted by Gasteiger charge is 2.11. The predicted molar refractivity (Wildman–Crippen MR) is 98.3 cm³/mol. The predicted octanol–water partition coefficient (Wildman–Crippen LogP) is 4.95. The van der Waals surface area contributed by atoms with Crippen LogP contribution in [0.15, 0.2) is 34.8 Å². The summed E-state index contributed by atoms with van der Waals surface area (Å²) in [5.41, 5.74) is 5.39. The molecule has 0 aliphatic rings. The smallest absolute Gasteiger partial charge is 0.262 e. The van der Waals surface area contributed by atoms with Crippen LogP contribution in [-0.2, 0) is 11.2 Å². The fourth-order valence-corrected chi connectivity index (χ4v) is 3.02. The number of hydrogen-bond acceptors (Lipinski definition) is 2. The number of rotatable bonds is 5. The van der Waals surface area contributed by atoms with Gasteiger partial charge in [-0.25, -0.2) is 0 Å². The standard InChI is InChI=1S/C19H22BrNO2/c1-5-15-10-16(20)8-14(4)19(15)21-18(22)11-23-17-7-6-12(2)13(3)9-17/h6-10H,5,11H2,1-4H3,(H,21,22). The molecule has 0 aliphatic heterocycles. The topological polar surface area (TPSA) is 38.3 Å². The van der Waals surface area contributed by atoms with Crippen LogP contribution in [0.25, 0.3) is 0 Å². The van der Waals surface area contributed by atoms with Gasteiger partial charge < -0.3 is 10.1 Å². The summed E-state index contributed by atoms with van der Waals surface area (Å²) in [4.78, 5) is 12.2.